The first-order valence-corrected chi connectivity index (χ1v) is 11.0. The second-order valence-electron chi connectivity index (χ2n) is 8.01. The summed E-state index contributed by atoms with van der Waals surface area (Å²) in [6, 6.07) is 21.9. The molecule has 1 aliphatic rings. The number of halogens is 1. The quantitative estimate of drug-likeness (QED) is 0.468. The molecule has 0 atom stereocenters. The lowest BCUT2D eigenvalue weighted by Gasteiger charge is -2.35. The number of carbonyl (C=O) groups excluding carboxylic acids is 1. The van der Waals surface area contributed by atoms with Crippen molar-refractivity contribution in [3.63, 3.8) is 0 Å². The van der Waals surface area contributed by atoms with Crippen LogP contribution in [0.1, 0.15) is 0 Å². The van der Waals surface area contributed by atoms with Crippen LogP contribution in [0.2, 0.25) is 0 Å². The highest BCUT2D eigenvalue weighted by Crippen LogP contribution is 2.25. The minimum Gasteiger partial charge on any atom is -0.353 e. The Balaban J connectivity index is 1.35. The first-order chi connectivity index (χ1) is 16.2. The normalized spacial score (nSPS) is 13.8. The smallest absolute Gasteiger partial charge is 0.242 e. The molecule has 1 saturated heterocycles. The summed E-state index contributed by atoms with van der Waals surface area (Å²) in [4.78, 5) is 26.5. The lowest BCUT2D eigenvalue weighted by Crippen LogP contribution is -2.49. The second kappa shape index (κ2) is 9.24. The third-order valence-corrected chi connectivity index (χ3v) is 5.86. The third kappa shape index (κ3) is 4.62. The molecule has 1 aliphatic heterocycles. The van der Waals surface area contributed by atoms with Crippen LogP contribution >= 0.6 is 0 Å². The zero-order valence-electron chi connectivity index (χ0n) is 18.1. The van der Waals surface area contributed by atoms with E-state index in [-0.39, 0.29) is 18.3 Å². The molecule has 4 aromatic rings. The van der Waals surface area contributed by atoms with E-state index in [9.17, 15) is 9.18 Å². The minimum atomic E-state index is -0.290. The van der Waals surface area contributed by atoms with Crippen molar-refractivity contribution in [3.05, 3.63) is 91.0 Å². The number of rotatable bonds is 5. The maximum atomic E-state index is 13.4. The Morgan fingerprint density at radius 2 is 1.58 bits per heavy atom. The van der Waals surface area contributed by atoms with Crippen molar-refractivity contribution >= 4 is 11.7 Å². The maximum absolute atomic E-state index is 13.4. The number of hydrogen-bond donors (Lipinski definition) is 0. The van der Waals surface area contributed by atoms with Gasteiger partial charge in [0.25, 0.3) is 0 Å². The number of pyridine rings is 1. The summed E-state index contributed by atoms with van der Waals surface area (Å²) in [6.07, 6.45) is 3.66. The van der Waals surface area contributed by atoms with Gasteiger partial charge >= 0.3 is 0 Å². The number of piperazine rings is 1. The fourth-order valence-electron chi connectivity index (χ4n) is 4.09. The molecule has 6 nitrogen and oxygen atoms in total. The van der Waals surface area contributed by atoms with Gasteiger partial charge in [0.2, 0.25) is 5.91 Å². The van der Waals surface area contributed by atoms with Crippen LogP contribution in [0.4, 0.5) is 10.2 Å². The second-order valence-corrected chi connectivity index (χ2v) is 8.01. The van der Waals surface area contributed by atoms with E-state index in [0.717, 1.165) is 35.9 Å². The minimum absolute atomic E-state index is 0.0518. The van der Waals surface area contributed by atoms with Crippen LogP contribution in [0.15, 0.2) is 85.2 Å². The zero-order valence-corrected chi connectivity index (χ0v) is 18.1. The van der Waals surface area contributed by atoms with Crippen molar-refractivity contribution in [1.29, 1.82) is 0 Å². The van der Waals surface area contributed by atoms with Crippen LogP contribution in [0.5, 0.6) is 0 Å². The molecular formula is C26H24FN5O. The molecule has 5 rings (SSSR count). The van der Waals surface area contributed by atoms with Crippen LogP contribution < -0.4 is 4.90 Å². The van der Waals surface area contributed by atoms with Crippen molar-refractivity contribution in [2.75, 3.05) is 31.1 Å². The molecule has 7 heteroatoms. The van der Waals surface area contributed by atoms with Crippen molar-refractivity contribution in [3.8, 4) is 22.6 Å². The fourth-order valence-corrected chi connectivity index (χ4v) is 4.09. The summed E-state index contributed by atoms with van der Waals surface area (Å²) in [6.45, 7) is 2.99. The molecule has 166 valence electrons. The van der Waals surface area contributed by atoms with E-state index in [2.05, 4.69) is 9.88 Å². The summed E-state index contributed by atoms with van der Waals surface area (Å²) in [5.41, 5.74) is 2.45. The number of benzene rings is 2. The molecule has 2 aromatic heterocycles. The molecule has 1 fully saturated rings. The van der Waals surface area contributed by atoms with Crippen LogP contribution in [-0.2, 0) is 11.3 Å². The van der Waals surface area contributed by atoms with E-state index in [1.807, 2.05) is 64.2 Å². The van der Waals surface area contributed by atoms with Crippen molar-refractivity contribution < 1.29 is 9.18 Å². The number of imidazole rings is 1. The van der Waals surface area contributed by atoms with Crippen LogP contribution in [0.3, 0.4) is 0 Å². The third-order valence-electron chi connectivity index (χ3n) is 5.86. The van der Waals surface area contributed by atoms with Gasteiger partial charge < -0.3 is 14.4 Å². The van der Waals surface area contributed by atoms with E-state index < -0.39 is 0 Å². The van der Waals surface area contributed by atoms with Crippen LogP contribution in [-0.4, -0.2) is 51.5 Å². The predicted molar refractivity (Wildman–Crippen MR) is 126 cm³/mol. The molecule has 0 radical (unpaired) electrons. The number of anilines is 1. The number of amides is 1. The number of carbonyl (C=O) groups is 1. The fraction of sp³-hybridized carbons (Fsp3) is 0.192. The predicted octanol–water partition coefficient (Wildman–Crippen LogP) is 4.10. The van der Waals surface area contributed by atoms with Crippen molar-refractivity contribution in [2.24, 2.45) is 0 Å². The van der Waals surface area contributed by atoms with Crippen LogP contribution in [0.25, 0.3) is 22.6 Å². The molecule has 2 aromatic carbocycles. The van der Waals surface area contributed by atoms with Crippen molar-refractivity contribution in [2.45, 2.75) is 6.54 Å². The molecule has 0 aliphatic carbocycles. The largest absolute Gasteiger partial charge is 0.353 e. The van der Waals surface area contributed by atoms with E-state index in [1.54, 1.807) is 18.3 Å². The Labute approximate surface area is 191 Å². The standard InChI is InChI=1S/C26H24FN5O/c27-22-11-9-20(10-12-22)23-18-32(26(29-23)21-6-2-1-3-7-21)19-25(33)31-16-14-30(15-17-31)24-8-4-5-13-28-24/h1-13,18H,14-17,19H2. The van der Waals surface area contributed by atoms with Gasteiger partial charge in [0.15, 0.2) is 0 Å². The highest BCUT2D eigenvalue weighted by molar-refractivity contribution is 5.78. The van der Waals surface area contributed by atoms with Crippen molar-refractivity contribution in [1.82, 2.24) is 19.4 Å². The Kier molecular flexibility index (Phi) is 5.85. The average Bonchev–Trinajstić information content (AvgIpc) is 3.29. The highest BCUT2D eigenvalue weighted by Gasteiger charge is 2.23. The molecule has 1 amide bonds. The molecule has 0 bridgehead atoms. The number of aromatic nitrogens is 3. The number of hydrogen-bond acceptors (Lipinski definition) is 4. The van der Waals surface area contributed by atoms with E-state index >= 15 is 0 Å². The topological polar surface area (TPSA) is 54.3 Å². The van der Waals surface area contributed by atoms with Gasteiger partial charge in [0.1, 0.15) is 24.0 Å². The first-order valence-electron chi connectivity index (χ1n) is 11.0. The summed E-state index contributed by atoms with van der Waals surface area (Å²) < 4.78 is 15.3. The summed E-state index contributed by atoms with van der Waals surface area (Å²) in [5.74, 6) is 1.42. The van der Waals surface area contributed by atoms with Gasteiger partial charge in [-0.3, -0.25) is 4.79 Å². The highest BCUT2D eigenvalue weighted by atomic mass is 19.1. The molecule has 0 spiro atoms. The van der Waals surface area contributed by atoms with Gasteiger partial charge in [-0.2, -0.15) is 0 Å². The number of nitrogens with zero attached hydrogens (tertiary/aromatic N) is 5. The lowest BCUT2D eigenvalue weighted by atomic mass is 10.2. The van der Waals surface area contributed by atoms with Gasteiger partial charge in [0, 0.05) is 49.7 Å². The monoisotopic (exact) mass is 441 g/mol. The first kappa shape index (κ1) is 20.9. The maximum Gasteiger partial charge on any atom is 0.242 e. The average molecular weight is 442 g/mol. The molecular weight excluding hydrogens is 417 g/mol. The van der Waals surface area contributed by atoms with Gasteiger partial charge in [-0.05, 0) is 36.4 Å². The van der Waals surface area contributed by atoms with E-state index in [4.69, 9.17) is 4.98 Å². The van der Waals surface area contributed by atoms with Gasteiger partial charge in [-0.25, -0.2) is 14.4 Å². The molecule has 3 heterocycles. The van der Waals surface area contributed by atoms with E-state index in [1.165, 1.54) is 12.1 Å². The Morgan fingerprint density at radius 3 is 2.27 bits per heavy atom. The van der Waals surface area contributed by atoms with Gasteiger partial charge in [-0.15, -0.1) is 0 Å². The van der Waals surface area contributed by atoms with Crippen LogP contribution in [0, 0.1) is 5.82 Å². The Morgan fingerprint density at radius 1 is 0.848 bits per heavy atom. The summed E-state index contributed by atoms with van der Waals surface area (Å²) in [7, 11) is 0. The summed E-state index contributed by atoms with van der Waals surface area (Å²) >= 11 is 0. The SMILES string of the molecule is O=C(Cn1cc(-c2ccc(F)cc2)nc1-c1ccccc1)N1CCN(c2ccccn2)CC1. The zero-order chi connectivity index (χ0) is 22.6. The van der Waals surface area contributed by atoms with Gasteiger partial charge in [-0.1, -0.05) is 36.4 Å². The lowest BCUT2D eigenvalue weighted by molar-refractivity contribution is -0.132. The Hall–Kier alpha value is -4.00. The molecule has 0 unspecified atom stereocenters. The molecule has 33 heavy (non-hydrogen) atoms. The Bertz CT molecular complexity index is 1220. The molecule has 0 saturated carbocycles. The van der Waals surface area contributed by atoms with E-state index in [0.29, 0.717) is 18.8 Å². The van der Waals surface area contributed by atoms with Gasteiger partial charge in [0.05, 0.1) is 5.69 Å². The molecule has 0 N–H and O–H groups in total. The summed E-state index contributed by atoms with van der Waals surface area (Å²) in [5, 5.41) is 0.